The molecular weight excluding hydrogens is 347 g/mol. The normalized spacial score (nSPS) is 18.3. The fourth-order valence-corrected chi connectivity index (χ4v) is 3.33. The SMILES string of the molecule is CCn1c(NNC(=O)C2CC2c2ccc(F)cc2)nc2ccccc2c1=O. The number of halogens is 1. The van der Waals surface area contributed by atoms with Crippen LogP contribution in [0.25, 0.3) is 10.9 Å². The molecule has 0 spiro atoms. The first-order valence-corrected chi connectivity index (χ1v) is 8.89. The zero-order valence-electron chi connectivity index (χ0n) is 14.8. The van der Waals surface area contributed by atoms with Crippen molar-refractivity contribution in [2.45, 2.75) is 25.8 Å². The molecule has 1 fully saturated rings. The lowest BCUT2D eigenvalue weighted by Crippen LogP contribution is -2.35. The quantitative estimate of drug-likeness (QED) is 0.681. The fraction of sp³-hybridized carbons (Fsp3) is 0.250. The first-order valence-electron chi connectivity index (χ1n) is 8.89. The summed E-state index contributed by atoms with van der Waals surface area (Å²) in [4.78, 5) is 29.4. The molecule has 2 unspecified atom stereocenters. The summed E-state index contributed by atoms with van der Waals surface area (Å²) in [6, 6.07) is 13.3. The van der Waals surface area contributed by atoms with Crippen molar-refractivity contribution in [2.75, 3.05) is 5.43 Å². The Labute approximate surface area is 155 Å². The third-order valence-electron chi connectivity index (χ3n) is 4.90. The number of carbonyl (C=O) groups excluding carboxylic acids is 1. The number of nitrogens with one attached hydrogen (secondary N) is 2. The van der Waals surface area contributed by atoms with E-state index >= 15 is 0 Å². The molecule has 0 aliphatic heterocycles. The molecule has 0 saturated heterocycles. The number of para-hydroxylation sites is 1. The first kappa shape index (κ1) is 17.2. The molecule has 1 aliphatic rings. The number of hydrazine groups is 1. The van der Waals surface area contributed by atoms with Gasteiger partial charge >= 0.3 is 0 Å². The summed E-state index contributed by atoms with van der Waals surface area (Å²) in [5.41, 5.74) is 6.81. The molecule has 3 aromatic rings. The minimum atomic E-state index is -0.290. The van der Waals surface area contributed by atoms with Crippen molar-refractivity contribution >= 4 is 22.8 Å². The molecule has 4 rings (SSSR count). The monoisotopic (exact) mass is 366 g/mol. The van der Waals surface area contributed by atoms with Crippen LogP contribution in [0.2, 0.25) is 0 Å². The highest BCUT2D eigenvalue weighted by Gasteiger charge is 2.44. The van der Waals surface area contributed by atoms with Crippen LogP contribution in [0.4, 0.5) is 10.3 Å². The standard InChI is InChI=1S/C20H19FN4O2/c1-2-25-19(27)14-5-3-4-6-17(14)22-20(25)24-23-18(26)16-11-15(16)12-7-9-13(21)10-8-12/h3-10,15-16H,2,11H2,1H3,(H,22,24)(H,23,26). The number of anilines is 1. The molecule has 1 aliphatic carbocycles. The highest BCUT2D eigenvalue weighted by Crippen LogP contribution is 2.47. The van der Waals surface area contributed by atoms with Crippen LogP contribution in [0.1, 0.15) is 24.8 Å². The number of benzene rings is 2. The van der Waals surface area contributed by atoms with Crippen molar-refractivity contribution < 1.29 is 9.18 Å². The predicted octanol–water partition coefficient (Wildman–Crippen LogP) is 2.80. The highest BCUT2D eigenvalue weighted by molar-refractivity contribution is 5.84. The molecule has 1 amide bonds. The van der Waals surface area contributed by atoms with Crippen LogP contribution in [0.3, 0.4) is 0 Å². The Morgan fingerprint density at radius 1 is 1.22 bits per heavy atom. The van der Waals surface area contributed by atoms with Gasteiger partial charge in [-0.3, -0.25) is 25.0 Å². The van der Waals surface area contributed by atoms with Gasteiger partial charge < -0.3 is 0 Å². The second-order valence-electron chi connectivity index (χ2n) is 6.62. The number of fused-ring (bicyclic) bond motifs is 1. The zero-order valence-corrected chi connectivity index (χ0v) is 14.8. The van der Waals surface area contributed by atoms with Gasteiger partial charge in [0.25, 0.3) is 5.56 Å². The number of carbonyl (C=O) groups is 1. The summed E-state index contributed by atoms with van der Waals surface area (Å²) in [5.74, 6) is -0.250. The number of aromatic nitrogens is 2. The van der Waals surface area contributed by atoms with Gasteiger partial charge in [-0.2, -0.15) is 0 Å². The van der Waals surface area contributed by atoms with E-state index in [2.05, 4.69) is 15.8 Å². The van der Waals surface area contributed by atoms with Gasteiger partial charge in [-0.1, -0.05) is 24.3 Å². The zero-order chi connectivity index (χ0) is 19.0. The van der Waals surface area contributed by atoms with E-state index in [4.69, 9.17) is 0 Å². The lowest BCUT2D eigenvalue weighted by atomic mass is 10.1. The van der Waals surface area contributed by atoms with Crippen LogP contribution in [0, 0.1) is 11.7 Å². The van der Waals surface area contributed by atoms with E-state index in [1.54, 1.807) is 30.3 Å². The minimum Gasteiger partial charge on any atom is -0.277 e. The van der Waals surface area contributed by atoms with Gasteiger partial charge in [0.15, 0.2) is 0 Å². The summed E-state index contributed by atoms with van der Waals surface area (Å²) in [7, 11) is 0. The van der Waals surface area contributed by atoms with E-state index in [0.717, 1.165) is 5.56 Å². The van der Waals surface area contributed by atoms with Crippen molar-refractivity contribution in [1.29, 1.82) is 0 Å². The van der Waals surface area contributed by atoms with E-state index < -0.39 is 0 Å². The van der Waals surface area contributed by atoms with Gasteiger partial charge in [-0.05, 0) is 49.1 Å². The number of hydrogen-bond donors (Lipinski definition) is 2. The molecule has 27 heavy (non-hydrogen) atoms. The van der Waals surface area contributed by atoms with Gasteiger partial charge in [-0.15, -0.1) is 0 Å². The predicted molar refractivity (Wildman–Crippen MR) is 101 cm³/mol. The molecule has 1 saturated carbocycles. The Bertz CT molecular complexity index is 1060. The van der Waals surface area contributed by atoms with Crippen LogP contribution in [0.15, 0.2) is 53.3 Å². The molecule has 138 valence electrons. The number of amides is 1. The average molecular weight is 366 g/mol. The van der Waals surface area contributed by atoms with E-state index in [1.165, 1.54) is 16.7 Å². The van der Waals surface area contributed by atoms with Crippen LogP contribution in [0.5, 0.6) is 0 Å². The maximum atomic E-state index is 13.0. The molecule has 0 radical (unpaired) electrons. The second-order valence-corrected chi connectivity index (χ2v) is 6.62. The molecule has 6 nitrogen and oxygen atoms in total. The highest BCUT2D eigenvalue weighted by atomic mass is 19.1. The van der Waals surface area contributed by atoms with Gasteiger partial charge in [0, 0.05) is 12.5 Å². The van der Waals surface area contributed by atoms with Crippen molar-refractivity contribution in [1.82, 2.24) is 15.0 Å². The maximum Gasteiger partial charge on any atom is 0.262 e. The summed E-state index contributed by atoms with van der Waals surface area (Å²) < 4.78 is 14.5. The Morgan fingerprint density at radius 3 is 2.70 bits per heavy atom. The third kappa shape index (κ3) is 3.28. The van der Waals surface area contributed by atoms with Crippen molar-refractivity contribution in [2.24, 2.45) is 5.92 Å². The molecule has 1 heterocycles. The molecule has 1 aromatic heterocycles. The topological polar surface area (TPSA) is 76.0 Å². The van der Waals surface area contributed by atoms with Gasteiger partial charge in [0.05, 0.1) is 10.9 Å². The van der Waals surface area contributed by atoms with Crippen molar-refractivity contribution in [3.63, 3.8) is 0 Å². The summed E-state index contributed by atoms with van der Waals surface area (Å²) >= 11 is 0. The maximum absolute atomic E-state index is 13.0. The first-order chi connectivity index (χ1) is 13.1. The number of hydrogen-bond acceptors (Lipinski definition) is 4. The van der Waals surface area contributed by atoms with Gasteiger partial charge in [0.2, 0.25) is 11.9 Å². The van der Waals surface area contributed by atoms with Crippen molar-refractivity contribution in [3.8, 4) is 0 Å². The summed E-state index contributed by atoms with van der Waals surface area (Å²) in [6.07, 6.45) is 0.713. The fourth-order valence-electron chi connectivity index (χ4n) is 3.33. The molecular formula is C20H19FN4O2. The molecule has 7 heteroatoms. The molecule has 2 atom stereocenters. The molecule has 2 N–H and O–H groups in total. The number of rotatable bonds is 5. The van der Waals surface area contributed by atoms with Crippen LogP contribution in [-0.2, 0) is 11.3 Å². The molecule has 0 bridgehead atoms. The average Bonchev–Trinajstić information content (AvgIpc) is 3.48. The second kappa shape index (κ2) is 6.83. The van der Waals surface area contributed by atoms with Crippen LogP contribution < -0.4 is 16.4 Å². The van der Waals surface area contributed by atoms with E-state index in [9.17, 15) is 14.0 Å². The van der Waals surface area contributed by atoms with Crippen LogP contribution >= 0.6 is 0 Å². The van der Waals surface area contributed by atoms with Gasteiger partial charge in [-0.25, -0.2) is 9.37 Å². The summed E-state index contributed by atoms with van der Waals surface area (Å²) in [6.45, 7) is 2.27. The number of nitrogens with zero attached hydrogens (tertiary/aromatic N) is 2. The van der Waals surface area contributed by atoms with Crippen LogP contribution in [-0.4, -0.2) is 15.5 Å². The Kier molecular flexibility index (Phi) is 4.35. The van der Waals surface area contributed by atoms with E-state index in [1.807, 2.05) is 13.0 Å². The minimum absolute atomic E-state index is 0.0883. The van der Waals surface area contributed by atoms with E-state index in [-0.39, 0.29) is 29.1 Å². The van der Waals surface area contributed by atoms with Crippen molar-refractivity contribution in [3.05, 3.63) is 70.3 Å². The summed E-state index contributed by atoms with van der Waals surface area (Å²) in [5, 5.41) is 0.537. The Morgan fingerprint density at radius 2 is 1.96 bits per heavy atom. The third-order valence-corrected chi connectivity index (χ3v) is 4.90. The lowest BCUT2D eigenvalue weighted by Gasteiger charge is -2.14. The smallest absolute Gasteiger partial charge is 0.262 e. The molecule has 2 aromatic carbocycles. The van der Waals surface area contributed by atoms with E-state index in [0.29, 0.717) is 29.8 Å². The Hall–Kier alpha value is -3.22. The largest absolute Gasteiger partial charge is 0.277 e. The van der Waals surface area contributed by atoms with Gasteiger partial charge in [0.1, 0.15) is 5.82 Å². The lowest BCUT2D eigenvalue weighted by molar-refractivity contribution is -0.121. The Balaban J connectivity index is 1.48.